The molecule has 0 radical (unpaired) electrons. The fourth-order valence-electron chi connectivity index (χ4n) is 5.84. The number of aliphatic hydroxyl groups is 2. The van der Waals surface area contributed by atoms with Gasteiger partial charge >= 0.3 is 0 Å². The highest BCUT2D eigenvalue weighted by atomic mass is 16.3. The van der Waals surface area contributed by atoms with Crippen LogP contribution in [0.15, 0.2) is 35.6 Å². The zero-order valence-electron chi connectivity index (χ0n) is 13.1. The Balaban J connectivity index is 1.69. The lowest BCUT2D eigenvalue weighted by atomic mass is 9.52. The summed E-state index contributed by atoms with van der Waals surface area (Å²) in [6, 6.07) is 0. The third-order valence-corrected chi connectivity index (χ3v) is 7.14. The van der Waals surface area contributed by atoms with Crippen LogP contribution in [0.2, 0.25) is 0 Å². The van der Waals surface area contributed by atoms with Crippen molar-refractivity contribution in [2.75, 3.05) is 0 Å². The van der Waals surface area contributed by atoms with Crippen LogP contribution in [-0.2, 0) is 0 Å². The lowest BCUT2D eigenvalue weighted by molar-refractivity contribution is -0.0769. The van der Waals surface area contributed by atoms with E-state index in [0.717, 1.165) is 32.1 Å². The molecule has 2 fully saturated rings. The van der Waals surface area contributed by atoms with Gasteiger partial charge in [-0.25, -0.2) is 0 Å². The second-order valence-corrected chi connectivity index (χ2v) is 7.83. The molecule has 22 heavy (non-hydrogen) atoms. The van der Waals surface area contributed by atoms with Crippen LogP contribution >= 0.6 is 0 Å². The van der Waals surface area contributed by atoms with Crippen LogP contribution in [0.1, 0.15) is 39.0 Å². The van der Waals surface area contributed by atoms with Gasteiger partial charge in [-0.3, -0.25) is 0 Å². The Bertz CT molecular complexity index is 635. The third-order valence-electron chi connectivity index (χ3n) is 7.14. The largest absolute Gasteiger partial charge is 0.508 e. The maximum absolute atomic E-state index is 10.9. The Kier molecular flexibility index (Phi) is 2.91. The molecule has 4 aliphatic rings. The summed E-state index contributed by atoms with van der Waals surface area (Å²) in [6.07, 6.45) is 18.9. The Labute approximate surface area is 132 Å². The molecule has 0 aromatic rings. The molecule has 2 nitrogen and oxygen atoms in total. The molecule has 0 saturated heterocycles. The Hall–Kier alpha value is -1.46. The molecule has 4 rings (SSSR count). The molecule has 0 aromatic heterocycles. The standard InChI is InChI=1S/C20H24O2/c1-3-20(22)11-9-18-17-6-4-13-12-14(21)5-7-15(13)16(17)8-10-19(18,20)2/h1,4-5,7,12,15-18,21-22H,6,8-11H2,2H3/t15-,16+,17+,18-,19-,20?/m0/s1. The van der Waals surface area contributed by atoms with Gasteiger partial charge in [-0.15, -0.1) is 6.42 Å². The van der Waals surface area contributed by atoms with Crippen LogP contribution in [0.3, 0.4) is 0 Å². The van der Waals surface area contributed by atoms with E-state index in [4.69, 9.17) is 6.42 Å². The van der Waals surface area contributed by atoms with Gasteiger partial charge in [0, 0.05) is 11.3 Å². The van der Waals surface area contributed by atoms with E-state index in [1.165, 1.54) is 5.57 Å². The van der Waals surface area contributed by atoms with Crippen molar-refractivity contribution in [2.24, 2.45) is 29.1 Å². The number of hydrogen-bond acceptors (Lipinski definition) is 2. The predicted molar refractivity (Wildman–Crippen MR) is 86.9 cm³/mol. The highest BCUT2D eigenvalue weighted by molar-refractivity contribution is 5.39. The van der Waals surface area contributed by atoms with Crippen LogP contribution in [-0.4, -0.2) is 15.8 Å². The molecule has 6 atom stereocenters. The lowest BCUT2D eigenvalue weighted by Gasteiger charge is -2.53. The molecular formula is C20H24O2. The minimum atomic E-state index is -0.923. The van der Waals surface area contributed by atoms with Crippen molar-refractivity contribution in [3.05, 3.63) is 35.6 Å². The van der Waals surface area contributed by atoms with Gasteiger partial charge in [-0.1, -0.05) is 25.0 Å². The molecule has 0 bridgehead atoms. The van der Waals surface area contributed by atoms with Crippen LogP contribution < -0.4 is 0 Å². The van der Waals surface area contributed by atoms with Gasteiger partial charge in [0.15, 0.2) is 0 Å². The molecule has 116 valence electrons. The fraction of sp³-hybridized carbons (Fsp3) is 0.600. The topological polar surface area (TPSA) is 40.5 Å². The minimum Gasteiger partial charge on any atom is -0.508 e. The molecule has 0 heterocycles. The van der Waals surface area contributed by atoms with Crippen molar-refractivity contribution < 1.29 is 10.2 Å². The van der Waals surface area contributed by atoms with E-state index in [-0.39, 0.29) is 5.41 Å². The Morgan fingerprint density at radius 3 is 2.86 bits per heavy atom. The number of terminal acetylenes is 1. The normalized spacial score (nSPS) is 49.3. The zero-order chi connectivity index (χ0) is 15.5. The zero-order valence-corrected chi connectivity index (χ0v) is 13.1. The quantitative estimate of drug-likeness (QED) is 0.668. The summed E-state index contributed by atoms with van der Waals surface area (Å²) in [5, 5.41) is 20.6. The second kappa shape index (κ2) is 4.52. The summed E-state index contributed by atoms with van der Waals surface area (Å²) >= 11 is 0. The lowest BCUT2D eigenvalue weighted by Crippen LogP contribution is -2.51. The van der Waals surface area contributed by atoms with Gasteiger partial charge in [-0.05, 0) is 67.6 Å². The Morgan fingerprint density at radius 2 is 2.09 bits per heavy atom. The molecule has 0 aromatic carbocycles. The van der Waals surface area contributed by atoms with E-state index in [1.54, 1.807) is 0 Å². The van der Waals surface area contributed by atoms with E-state index in [9.17, 15) is 10.2 Å². The van der Waals surface area contributed by atoms with E-state index in [0.29, 0.717) is 29.4 Å². The monoisotopic (exact) mass is 296 g/mol. The molecule has 4 aliphatic carbocycles. The molecule has 1 unspecified atom stereocenters. The first kappa shape index (κ1) is 14.2. The highest BCUT2D eigenvalue weighted by Crippen LogP contribution is 2.63. The summed E-state index contributed by atoms with van der Waals surface area (Å²) in [6.45, 7) is 2.21. The van der Waals surface area contributed by atoms with Crippen molar-refractivity contribution in [3.63, 3.8) is 0 Å². The van der Waals surface area contributed by atoms with Crippen molar-refractivity contribution in [1.82, 2.24) is 0 Å². The smallest absolute Gasteiger partial charge is 0.130 e. The maximum Gasteiger partial charge on any atom is 0.130 e. The van der Waals surface area contributed by atoms with Gasteiger partial charge in [0.1, 0.15) is 11.4 Å². The first-order valence-electron chi connectivity index (χ1n) is 8.47. The molecule has 0 aliphatic heterocycles. The number of allylic oxidation sites excluding steroid dienone is 5. The van der Waals surface area contributed by atoms with Gasteiger partial charge in [-0.2, -0.15) is 0 Å². The van der Waals surface area contributed by atoms with Crippen LogP contribution in [0.5, 0.6) is 0 Å². The van der Waals surface area contributed by atoms with Crippen LogP contribution in [0, 0.1) is 41.4 Å². The van der Waals surface area contributed by atoms with E-state index in [2.05, 4.69) is 25.0 Å². The van der Waals surface area contributed by atoms with E-state index < -0.39 is 5.60 Å². The Morgan fingerprint density at radius 1 is 1.27 bits per heavy atom. The molecule has 2 saturated carbocycles. The van der Waals surface area contributed by atoms with E-state index in [1.807, 2.05) is 12.2 Å². The fourth-order valence-corrected chi connectivity index (χ4v) is 5.84. The number of fused-ring (bicyclic) bond motifs is 5. The van der Waals surface area contributed by atoms with Gasteiger partial charge in [0.25, 0.3) is 0 Å². The predicted octanol–water partition coefficient (Wildman–Crippen LogP) is 3.75. The van der Waals surface area contributed by atoms with Crippen molar-refractivity contribution >= 4 is 0 Å². The average molecular weight is 296 g/mol. The molecule has 2 heteroatoms. The first-order chi connectivity index (χ1) is 10.5. The summed E-state index contributed by atoms with van der Waals surface area (Å²) in [4.78, 5) is 0. The minimum absolute atomic E-state index is 0.134. The van der Waals surface area contributed by atoms with Crippen molar-refractivity contribution in [1.29, 1.82) is 0 Å². The van der Waals surface area contributed by atoms with Gasteiger partial charge in [0.05, 0.1) is 0 Å². The van der Waals surface area contributed by atoms with Gasteiger partial charge < -0.3 is 10.2 Å². The average Bonchev–Trinajstić information content (AvgIpc) is 2.79. The summed E-state index contributed by atoms with van der Waals surface area (Å²) in [5.41, 5.74) is 0.215. The van der Waals surface area contributed by atoms with Crippen LogP contribution in [0.25, 0.3) is 0 Å². The van der Waals surface area contributed by atoms with Gasteiger partial charge in [0.2, 0.25) is 0 Å². The number of aliphatic hydroxyl groups excluding tert-OH is 1. The van der Waals surface area contributed by atoms with Crippen LogP contribution in [0.4, 0.5) is 0 Å². The summed E-state index contributed by atoms with van der Waals surface area (Å²) in [7, 11) is 0. The second-order valence-electron chi connectivity index (χ2n) is 7.83. The maximum atomic E-state index is 10.9. The highest BCUT2D eigenvalue weighted by Gasteiger charge is 2.61. The molecule has 0 spiro atoms. The van der Waals surface area contributed by atoms with E-state index >= 15 is 0 Å². The molecule has 2 N–H and O–H groups in total. The van der Waals surface area contributed by atoms with Crippen molar-refractivity contribution in [2.45, 2.75) is 44.6 Å². The number of hydrogen-bond donors (Lipinski definition) is 2. The summed E-state index contributed by atoms with van der Waals surface area (Å²) in [5.74, 6) is 5.26. The number of rotatable bonds is 0. The third kappa shape index (κ3) is 1.66. The molecular weight excluding hydrogens is 272 g/mol. The first-order valence-corrected chi connectivity index (χ1v) is 8.47. The molecule has 0 amide bonds. The SMILES string of the molecule is C#CC1(O)CC[C@H]2[C@@H]3CC=C4C=C(O)C=C[C@@H]4[C@H]3CC[C@@]21C. The summed E-state index contributed by atoms with van der Waals surface area (Å²) < 4.78 is 0. The van der Waals surface area contributed by atoms with Crippen molar-refractivity contribution in [3.8, 4) is 12.3 Å².